The van der Waals surface area contributed by atoms with Crippen molar-refractivity contribution in [2.75, 3.05) is 12.3 Å². The Hall–Kier alpha value is 0.100. The first-order valence-electron chi connectivity index (χ1n) is 5.31. The SMILES string of the molecule is CCCNC(C)C(C)CCSC(F)(F)F. The van der Waals surface area contributed by atoms with Crippen molar-refractivity contribution < 1.29 is 13.2 Å². The second kappa shape index (κ2) is 7.39. The van der Waals surface area contributed by atoms with E-state index in [1.807, 2.05) is 13.8 Å². The Morgan fingerprint density at radius 1 is 1.27 bits per heavy atom. The number of rotatable bonds is 7. The van der Waals surface area contributed by atoms with Gasteiger partial charge in [-0.25, -0.2) is 0 Å². The molecule has 0 spiro atoms. The van der Waals surface area contributed by atoms with E-state index < -0.39 is 5.51 Å². The average Bonchev–Trinajstić information content (AvgIpc) is 2.11. The van der Waals surface area contributed by atoms with Crippen LogP contribution in [0.3, 0.4) is 0 Å². The van der Waals surface area contributed by atoms with Crippen LogP contribution >= 0.6 is 11.8 Å². The molecule has 5 heteroatoms. The van der Waals surface area contributed by atoms with Crippen molar-refractivity contribution in [3.63, 3.8) is 0 Å². The number of hydrogen-bond donors (Lipinski definition) is 1. The summed E-state index contributed by atoms with van der Waals surface area (Å²) < 4.78 is 35.6. The molecule has 0 amide bonds. The number of thioether (sulfide) groups is 1. The Bertz CT molecular complexity index is 161. The molecular formula is C10H20F3NS. The Labute approximate surface area is 94.2 Å². The van der Waals surface area contributed by atoms with Gasteiger partial charge in [-0.3, -0.25) is 0 Å². The third-order valence-electron chi connectivity index (χ3n) is 2.41. The highest BCUT2D eigenvalue weighted by Gasteiger charge is 2.28. The van der Waals surface area contributed by atoms with Gasteiger partial charge in [-0.2, -0.15) is 13.2 Å². The third kappa shape index (κ3) is 9.05. The van der Waals surface area contributed by atoms with E-state index in [9.17, 15) is 13.2 Å². The van der Waals surface area contributed by atoms with Gasteiger partial charge >= 0.3 is 5.51 Å². The summed E-state index contributed by atoms with van der Waals surface area (Å²) in [6.07, 6.45) is 1.65. The van der Waals surface area contributed by atoms with Gasteiger partial charge in [0, 0.05) is 11.8 Å². The molecule has 0 aromatic rings. The van der Waals surface area contributed by atoms with Gasteiger partial charge in [0.2, 0.25) is 0 Å². The van der Waals surface area contributed by atoms with Crippen LogP contribution < -0.4 is 5.32 Å². The molecule has 0 rings (SSSR count). The monoisotopic (exact) mass is 243 g/mol. The summed E-state index contributed by atoms with van der Waals surface area (Å²) in [5.74, 6) is 0.439. The van der Waals surface area contributed by atoms with Crippen LogP contribution in [0.25, 0.3) is 0 Å². The molecule has 0 aliphatic rings. The fourth-order valence-electron chi connectivity index (χ4n) is 1.18. The fourth-order valence-corrected chi connectivity index (χ4v) is 1.90. The summed E-state index contributed by atoms with van der Waals surface area (Å²) in [4.78, 5) is 0. The van der Waals surface area contributed by atoms with E-state index >= 15 is 0 Å². The van der Waals surface area contributed by atoms with Crippen LogP contribution in [0.4, 0.5) is 13.2 Å². The summed E-state index contributed by atoms with van der Waals surface area (Å²) in [6, 6.07) is 0.291. The zero-order valence-electron chi connectivity index (χ0n) is 9.53. The van der Waals surface area contributed by atoms with Crippen LogP contribution in [0.15, 0.2) is 0 Å². The van der Waals surface area contributed by atoms with Gasteiger partial charge in [-0.1, -0.05) is 25.6 Å². The molecule has 0 heterocycles. The molecule has 15 heavy (non-hydrogen) atoms. The molecule has 0 saturated heterocycles. The highest BCUT2D eigenvalue weighted by Crippen LogP contribution is 2.31. The fraction of sp³-hybridized carbons (Fsp3) is 1.00. The Balaban J connectivity index is 3.59. The van der Waals surface area contributed by atoms with Crippen LogP contribution in [0.1, 0.15) is 33.6 Å². The summed E-state index contributed by atoms with van der Waals surface area (Å²) in [7, 11) is 0. The first-order chi connectivity index (χ1) is 6.87. The molecule has 0 fully saturated rings. The van der Waals surface area contributed by atoms with Gasteiger partial charge in [-0.15, -0.1) is 0 Å². The van der Waals surface area contributed by atoms with E-state index in [0.717, 1.165) is 13.0 Å². The molecule has 0 radical (unpaired) electrons. The maximum Gasteiger partial charge on any atom is 0.441 e. The van der Waals surface area contributed by atoms with Crippen molar-refractivity contribution in [2.24, 2.45) is 5.92 Å². The summed E-state index contributed by atoms with van der Waals surface area (Å²) in [5, 5.41) is 3.29. The highest BCUT2D eigenvalue weighted by atomic mass is 32.2. The van der Waals surface area contributed by atoms with E-state index in [2.05, 4.69) is 12.2 Å². The van der Waals surface area contributed by atoms with Crippen LogP contribution in [-0.4, -0.2) is 23.8 Å². The Morgan fingerprint density at radius 3 is 2.33 bits per heavy atom. The van der Waals surface area contributed by atoms with Crippen molar-refractivity contribution in [2.45, 2.75) is 45.2 Å². The molecular weight excluding hydrogens is 223 g/mol. The van der Waals surface area contributed by atoms with Gasteiger partial charge in [0.05, 0.1) is 0 Å². The summed E-state index contributed by atoms with van der Waals surface area (Å²) in [6.45, 7) is 7.02. The third-order valence-corrected chi connectivity index (χ3v) is 3.18. The topological polar surface area (TPSA) is 12.0 Å². The average molecular weight is 243 g/mol. The van der Waals surface area contributed by atoms with Crippen LogP contribution in [0.5, 0.6) is 0 Å². The van der Waals surface area contributed by atoms with E-state index in [4.69, 9.17) is 0 Å². The van der Waals surface area contributed by atoms with Gasteiger partial charge in [0.25, 0.3) is 0 Å². The lowest BCUT2D eigenvalue weighted by Gasteiger charge is -2.21. The Kier molecular flexibility index (Phi) is 7.44. The van der Waals surface area contributed by atoms with Gasteiger partial charge < -0.3 is 5.32 Å². The minimum Gasteiger partial charge on any atom is -0.314 e. The van der Waals surface area contributed by atoms with E-state index in [1.54, 1.807) is 0 Å². The molecule has 2 atom stereocenters. The van der Waals surface area contributed by atoms with Crippen LogP contribution in [-0.2, 0) is 0 Å². The number of halogens is 3. The molecule has 0 aliphatic heterocycles. The molecule has 0 aliphatic carbocycles. The van der Waals surface area contributed by atoms with Crippen molar-refractivity contribution in [3.05, 3.63) is 0 Å². The zero-order chi connectivity index (χ0) is 11.9. The highest BCUT2D eigenvalue weighted by molar-refractivity contribution is 8.00. The minimum absolute atomic E-state index is 0.0754. The second-order valence-corrected chi connectivity index (χ2v) is 4.96. The smallest absolute Gasteiger partial charge is 0.314 e. The Morgan fingerprint density at radius 2 is 1.87 bits per heavy atom. The van der Waals surface area contributed by atoms with Gasteiger partial charge in [0.1, 0.15) is 0 Å². The zero-order valence-corrected chi connectivity index (χ0v) is 10.3. The van der Waals surface area contributed by atoms with Gasteiger partial charge in [0.15, 0.2) is 0 Å². The van der Waals surface area contributed by atoms with E-state index in [1.165, 1.54) is 0 Å². The van der Waals surface area contributed by atoms with E-state index in [0.29, 0.717) is 12.5 Å². The van der Waals surface area contributed by atoms with Crippen molar-refractivity contribution in [3.8, 4) is 0 Å². The summed E-state index contributed by atoms with van der Waals surface area (Å²) >= 11 is 0.0754. The molecule has 0 bridgehead atoms. The maximum atomic E-state index is 11.9. The maximum absolute atomic E-state index is 11.9. The van der Waals surface area contributed by atoms with Crippen molar-refractivity contribution in [1.29, 1.82) is 0 Å². The molecule has 0 aromatic heterocycles. The van der Waals surface area contributed by atoms with Crippen LogP contribution in [0, 0.1) is 5.92 Å². The molecule has 0 aromatic carbocycles. The normalized spacial score (nSPS) is 16.4. The lowest BCUT2D eigenvalue weighted by Crippen LogP contribution is -2.33. The first-order valence-corrected chi connectivity index (χ1v) is 6.29. The quantitative estimate of drug-likeness (QED) is 0.732. The molecule has 1 nitrogen and oxygen atoms in total. The molecule has 92 valence electrons. The van der Waals surface area contributed by atoms with Crippen molar-refractivity contribution in [1.82, 2.24) is 5.32 Å². The van der Waals surface area contributed by atoms with E-state index in [-0.39, 0.29) is 23.4 Å². The number of hydrogen-bond acceptors (Lipinski definition) is 2. The first kappa shape index (κ1) is 15.1. The predicted molar refractivity (Wildman–Crippen MR) is 60.0 cm³/mol. The standard InChI is InChI=1S/C10H20F3NS/c1-4-6-14-9(3)8(2)5-7-15-10(11,12)13/h8-9,14H,4-7H2,1-3H3. The number of nitrogens with one attached hydrogen (secondary N) is 1. The predicted octanol–water partition coefficient (Wildman–Crippen LogP) is 3.65. The number of alkyl halides is 3. The summed E-state index contributed by atoms with van der Waals surface area (Å²) in [5.41, 5.74) is -4.08. The van der Waals surface area contributed by atoms with Crippen LogP contribution in [0.2, 0.25) is 0 Å². The lowest BCUT2D eigenvalue weighted by molar-refractivity contribution is -0.0328. The van der Waals surface area contributed by atoms with Gasteiger partial charge in [-0.05, 0) is 32.2 Å². The molecule has 1 N–H and O–H groups in total. The minimum atomic E-state index is -4.08. The largest absolute Gasteiger partial charge is 0.441 e. The van der Waals surface area contributed by atoms with Crippen molar-refractivity contribution >= 4 is 11.8 Å². The lowest BCUT2D eigenvalue weighted by atomic mass is 10.0. The molecule has 0 saturated carbocycles. The second-order valence-electron chi connectivity index (χ2n) is 3.80. The molecule has 2 unspecified atom stereocenters.